The Morgan fingerprint density at radius 2 is 2.14 bits per heavy atom. The first-order chi connectivity index (χ1) is 6.29. The molecule has 0 aliphatic heterocycles. The topological polar surface area (TPSA) is 55.1 Å². The molecule has 1 aromatic rings. The lowest BCUT2D eigenvalue weighted by atomic mass is 10.4. The fourth-order valence-corrected chi connectivity index (χ4v) is 0.806. The van der Waals surface area contributed by atoms with Crippen molar-refractivity contribution >= 4 is 5.97 Å². The van der Waals surface area contributed by atoms with Crippen LogP contribution in [0.3, 0.4) is 0 Å². The maximum Gasteiger partial charge on any atom is 0.408 e. The van der Waals surface area contributed by atoms with Gasteiger partial charge in [-0.1, -0.05) is 0 Å². The van der Waals surface area contributed by atoms with Crippen LogP contribution in [-0.2, 0) is 6.54 Å². The number of carboxylic acid groups (broad SMARTS) is 1. The molecule has 1 heterocycles. The number of hydrogen-bond acceptors (Lipinski definition) is 2. The lowest BCUT2D eigenvalue weighted by Gasteiger charge is -2.04. The van der Waals surface area contributed by atoms with E-state index in [9.17, 15) is 22.4 Å². The fraction of sp³-hybridized carbons (Fsp3) is 0.333. The number of halogens is 4. The third-order valence-corrected chi connectivity index (χ3v) is 1.29. The van der Waals surface area contributed by atoms with Crippen molar-refractivity contribution in [3.05, 3.63) is 17.7 Å². The molecule has 1 N–H and O–H groups in total. The number of rotatable bonds is 2. The Bertz CT molecular complexity index is 357. The molecule has 1 aromatic heterocycles. The van der Waals surface area contributed by atoms with E-state index < -0.39 is 30.2 Å². The first kappa shape index (κ1) is 10.5. The summed E-state index contributed by atoms with van der Waals surface area (Å²) in [5.74, 6) is -3.09. The van der Waals surface area contributed by atoms with Crippen molar-refractivity contribution < 1.29 is 27.5 Å². The van der Waals surface area contributed by atoms with Crippen LogP contribution >= 0.6 is 0 Å². The van der Waals surface area contributed by atoms with Crippen LogP contribution in [0, 0.1) is 5.95 Å². The lowest BCUT2D eigenvalue weighted by molar-refractivity contribution is -0.142. The van der Waals surface area contributed by atoms with Gasteiger partial charge in [0.15, 0.2) is 0 Å². The molecule has 78 valence electrons. The summed E-state index contributed by atoms with van der Waals surface area (Å²) >= 11 is 0. The molecule has 4 nitrogen and oxygen atoms in total. The Hall–Kier alpha value is -1.60. The first-order valence-electron chi connectivity index (χ1n) is 3.32. The molecule has 0 aliphatic rings. The smallest absolute Gasteiger partial charge is 0.408 e. The zero-order chi connectivity index (χ0) is 10.9. The van der Waals surface area contributed by atoms with Crippen molar-refractivity contribution in [2.75, 3.05) is 0 Å². The molecule has 0 saturated carbocycles. The Kier molecular flexibility index (Phi) is 2.45. The minimum absolute atomic E-state index is 0.193. The summed E-state index contributed by atoms with van der Waals surface area (Å²) in [7, 11) is 0. The fourth-order valence-electron chi connectivity index (χ4n) is 0.806. The van der Waals surface area contributed by atoms with Crippen molar-refractivity contribution in [2.24, 2.45) is 0 Å². The Morgan fingerprint density at radius 3 is 2.50 bits per heavy atom. The van der Waals surface area contributed by atoms with Crippen LogP contribution in [0.5, 0.6) is 0 Å². The van der Waals surface area contributed by atoms with Gasteiger partial charge in [-0.2, -0.15) is 17.6 Å². The van der Waals surface area contributed by atoms with E-state index in [0.29, 0.717) is 6.20 Å². The minimum Gasteiger partial charge on any atom is -0.477 e. The van der Waals surface area contributed by atoms with E-state index in [1.54, 1.807) is 0 Å². The van der Waals surface area contributed by atoms with Crippen LogP contribution in [0.15, 0.2) is 6.20 Å². The number of aromatic carboxylic acids is 1. The standard InChI is InChI=1S/C6H4F4N2O2/c7-4-3(5(13)14)1-12(11-4)2-6(8,9)10/h1H,2H2,(H,13,14). The van der Waals surface area contributed by atoms with Crippen molar-refractivity contribution in [1.82, 2.24) is 9.78 Å². The third-order valence-electron chi connectivity index (χ3n) is 1.29. The van der Waals surface area contributed by atoms with Crippen LogP contribution in [0.1, 0.15) is 10.4 Å². The van der Waals surface area contributed by atoms with Crippen molar-refractivity contribution in [3.63, 3.8) is 0 Å². The summed E-state index contributed by atoms with van der Waals surface area (Å²) in [5, 5.41) is 11.1. The number of carboxylic acids is 1. The zero-order valence-corrected chi connectivity index (χ0v) is 6.55. The molecular weight excluding hydrogens is 208 g/mol. The summed E-state index contributed by atoms with van der Waals surface area (Å²) < 4.78 is 48.0. The predicted octanol–water partition coefficient (Wildman–Crippen LogP) is 1.28. The second-order valence-electron chi connectivity index (χ2n) is 2.45. The van der Waals surface area contributed by atoms with Gasteiger partial charge in [-0.05, 0) is 0 Å². The monoisotopic (exact) mass is 212 g/mol. The van der Waals surface area contributed by atoms with Gasteiger partial charge in [0.05, 0.1) is 0 Å². The number of alkyl halides is 3. The molecule has 0 radical (unpaired) electrons. The van der Waals surface area contributed by atoms with Crippen LogP contribution in [-0.4, -0.2) is 27.0 Å². The highest BCUT2D eigenvalue weighted by atomic mass is 19.4. The van der Waals surface area contributed by atoms with Crippen molar-refractivity contribution in [2.45, 2.75) is 12.7 Å². The van der Waals surface area contributed by atoms with Gasteiger partial charge in [-0.15, -0.1) is 5.10 Å². The number of carbonyl (C=O) groups is 1. The highest BCUT2D eigenvalue weighted by Crippen LogP contribution is 2.17. The Labute approximate surface area is 74.8 Å². The molecule has 0 bridgehead atoms. The molecule has 0 saturated heterocycles. The second kappa shape index (κ2) is 3.28. The van der Waals surface area contributed by atoms with E-state index >= 15 is 0 Å². The summed E-state index contributed by atoms with van der Waals surface area (Å²) in [6.07, 6.45) is -4.07. The molecule has 14 heavy (non-hydrogen) atoms. The van der Waals surface area contributed by atoms with Gasteiger partial charge >= 0.3 is 12.1 Å². The van der Waals surface area contributed by atoms with E-state index in [-0.39, 0.29) is 4.68 Å². The van der Waals surface area contributed by atoms with Crippen molar-refractivity contribution in [1.29, 1.82) is 0 Å². The predicted molar refractivity (Wildman–Crippen MR) is 35.2 cm³/mol. The van der Waals surface area contributed by atoms with Crippen LogP contribution in [0.2, 0.25) is 0 Å². The summed E-state index contributed by atoms with van der Waals surface area (Å²) in [4.78, 5) is 10.2. The van der Waals surface area contributed by atoms with Gasteiger partial charge in [0.1, 0.15) is 12.1 Å². The van der Waals surface area contributed by atoms with Crippen molar-refractivity contribution in [3.8, 4) is 0 Å². The third kappa shape index (κ3) is 2.44. The minimum atomic E-state index is -4.56. The number of hydrogen-bond donors (Lipinski definition) is 1. The largest absolute Gasteiger partial charge is 0.477 e. The highest BCUT2D eigenvalue weighted by Gasteiger charge is 2.29. The molecule has 0 spiro atoms. The van der Waals surface area contributed by atoms with Crippen LogP contribution in [0.25, 0.3) is 0 Å². The molecule has 0 aliphatic carbocycles. The van der Waals surface area contributed by atoms with E-state index in [0.717, 1.165) is 0 Å². The van der Waals surface area contributed by atoms with Gasteiger partial charge in [0.25, 0.3) is 0 Å². The van der Waals surface area contributed by atoms with Gasteiger partial charge in [0.2, 0.25) is 5.95 Å². The van der Waals surface area contributed by atoms with Crippen LogP contribution in [0.4, 0.5) is 17.6 Å². The number of aromatic nitrogens is 2. The maximum atomic E-state index is 12.6. The SMILES string of the molecule is O=C(O)c1cn(CC(F)(F)F)nc1F. The number of nitrogens with zero attached hydrogens (tertiary/aromatic N) is 2. The van der Waals surface area contributed by atoms with Gasteiger partial charge in [0, 0.05) is 6.20 Å². The highest BCUT2D eigenvalue weighted by molar-refractivity contribution is 5.87. The summed E-state index contributed by atoms with van der Waals surface area (Å²) in [5.41, 5.74) is -0.880. The average Bonchev–Trinajstić information content (AvgIpc) is 2.26. The summed E-state index contributed by atoms with van der Waals surface area (Å²) in [6, 6.07) is 0. The molecule has 0 fully saturated rings. The normalized spacial score (nSPS) is 11.7. The zero-order valence-electron chi connectivity index (χ0n) is 6.55. The van der Waals surface area contributed by atoms with E-state index in [2.05, 4.69) is 5.10 Å². The van der Waals surface area contributed by atoms with E-state index in [4.69, 9.17) is 5.11 Å². The molecular formula is C6H4F4N2O2. The Morgan fingerprint density at radius 1 is 1.57 bits per heavy atom. The molecule has 1 rings (SSSR count). The lowest BCUT2D eigenvalue weighted by Crippen LogP contribution is -2.18. The quantitative estimate of drug-likeness (QED) is 0.751. The maximum absolute atomic E-state index is 12.6. The first-order valence-corrected chi connectivity index (χ1v) is 3.32. The van der Waals surface area contributed by atoms with Crippen LogP contribution < -0.4 is 0 Å². The molecule has 8 heteroatoms. The Balaban J connectivity index is 2.92. The summed E-state index contributed by atoms with van der Waals surface area (Å²) in [6.45, 7) is -1.52. The molecule has 0 aromatic carbocycles. The molecule has 0 atom stereocenters. The van der Waals surface area contributed by atoms with Gasteiger partial charge < -0.3 is 5.11 Å². The average molecular weight is 212 g/mol. The van der Waals surface area contributed by atoms with E-state index in [1.807, 2.05) is 0 Å². The molecule has 0 unspecified atom stereocenters. The second-order valence-corrected chi connectivity index (χ2v) is 2.45. The van der Waals surface area contributed by atoms with Gasteiger partial charge in [-0.25, -0.2) is 4.79 Å². The van der Waals surface area contributed by atoms with E-state index in [1.165, 1.54) is 0 Å². The van der Waals surface area contributed by atoms with Gasteiger partial charge in [-0.3, -0.25) is 4.68 Å². The molecule has 0 amide bonds.